The summed E-state index contributed by atoms with van der Waals surface area (Å²) in [6.45, 7) is 9.87. The number of hydrogen-bond acceptors (Lipinski definition) is 9. The van der Waals surface area contributed by atoms with Crippen molar-refractivity contribution in [2.75, 3.05) is 74.4 Å². The Morgan fingerprint density at radius 2 is 1.60 bits per heavy atom. The number of rotatable bonds is 7. The number of nitrogens with zero attached hydrogens (tertiary/aromatic N) is 5. The van der Waals surface area contributed by atoms with Crippen LogP contribution in [0.3, 0.4) is 0 Å². The lowest BCUT2D eigenvalue weighted by Crippen LogP contribution is -2.48. The van der Waals surface area contributed by atoms with Crippen molar-refractivity contribution in [1.82, 2.24) is 20.4 Å². The third-order valence-corrected chi connectivity index (χ3v) is 8.56. The van der Waals surface area contributed by atoms with Crippen LogP contribution in [0.25, 0.3) is 11.3 Å². The van der Waals surface area contributed by atoms with E-state index in [-0.39, 0.29) is 17.7 Å². The molecule has 0 spiro atoms. The molecule has 1 aromatic heterocycles. The fourth-order valence-electron chi connectivity index (χ4n) is 6.24. The monoisotopic (exact) mass is 543 g/mol. The number of aromatic nitrogens is 2. The summed E-state index contributed by atoms with van der Waals surface area (Å²) in [5.41, 5.74) is 9.80. The van der Waals surface area contributed by atoms with Gasteiger partial charge >= 0.3 is 0 Å². The number of para-hydroxylation sites is 1. The molecule has 0 saturated carbocycles. The van der Waals surface area contributed by atoms with Crippen molar-refractivity contribution in [2.45, 2.75) is 31.8 Å². The minimum Gasteiger partial charge on any atom is -0.507 e. The van der Waals surface area contributed by atoms with Crippen molar-refractivity contribution in [2.24, 2.45) is 5.92 Å². The van der Waals surface area contributed by atoms with Gasteiger partial charge < -0.3 is 30.7 Å². The van der Waals surface area contributed by atoms with Crippen molar-refractivity contribution >= 4 is 17.2 Å². The molecule has 3 aromatic rings. The van der Waals surface area contributed by atoms with Crippen LogP contribution in [-0.4, -0.2) is 85.2 Å². The molecule has 4 heterocycles. The molecule has 40 heavy (non-hydrogen) atoms. The number of benzene rings is 2. The highest BCUT2D eigenvalue weighted by Gasteiger charge is 2.25. The van der Waals surface area contributed by atoms with Gasteiger partial charge in [-0.1, -0.05) is 12.1 Å². The second-order valence-electron chi connectivity index (χ2n) is 11.3. The smallest absolute Gasteiger partial charge is 0.188 e. The highest BCUT2D eigenvalue weighted by Crippen LogP contribution is 2.32. The molecule has 0 radical (unpaired) electrons. The first-order valence-corrected chi connectivity index (χ1v) is 14.7. The fourth-order valence-corrected chi connectivity index (χ4v) is 6.24. The van der Waals surface area contributed by atoms with E-state index in [2.05, 4.69) is 54.5 Å². The van der Waals surface area contributed by atoms with Gasteiger partial charge in [0.25, 0.3) is 0 Å². The van der Waals surface area contributed by atoms with Gasteiger partial charge in [-0.15, -0.1) is 10.2 Å². The second kappa shape index (κ2) is 12.3. The summed E-state index contributed by atoms with van der Waals surface area (Å²) in [7, 11) is 0. The van der Waals surface area contributed by atoms with E-state index >= 15 is 0 Å². The van der Waals surface area contributed by atoms with Crippen LogP contribution in [0, 0.1) is 5.92 Å². The first-order chi connectivity index (χ1) is 19.6. The van der Waals surface area contributed by atoms with Gasteiger partial charge in [0.2, 0.25) is 0 Å². The maximum Gasteiger partial charge on any atom is 0.188 e. The molecule has 3 fully saturated rings. The van der Waals surface area contributed by atoms with Gasteiger partial charge in [-0.3, -0.25) is 4.90 Å². The van der Waals surface area contributed by atoms with E-state index < -0.39 is 0 Å². The maximum absolute atomic E-state index is 10.2. The molecule has 9 nitrogen and oxygen atoms in total. The molecule has 212 valence electrons. The number of piperazine rings is 1. The van der Waals surface area contributed by atoms with Crippen molar-refractivity contribution in [3.8, 4) is 22.8 Å². The summed E-state index contributed by atoms with van der Waals surface area (Å²) >= 11 is 0. The van der Waals surface area contributed by atoms with E-state index in [4.69, 9.17) is 10.5 Å². The van der Waals surface area contributed by atoms with E-state index in [1.165, 1.54) is 43.9 Å². The normalized spacial score (nSPS) is 20.9. The number of nitrogens with two attached hydrogens (primary N) is 1. The zero-order chi connectivity index (χ0) is 27.3. The fraction of sp³-hybridized carbons (Fsp3) is 0.484. The van der Waals surface area contributed by atoms with Gasteiger partial charge in [0.15, 0.2) is 11.6 Å². The van der Waals surface area contributed by atoms with Gasteiger partial charge in [0, 0.05) is 62.3 Å². The maximum atomic E-state index is 10.2. The Morgan fingerprint density at radius 1 is 0.875 bits per heavy atom. The van der Waals surface area contributed by atoms with E-state index in [0.29, 0.717) is 17.0 Å². The summed E-state index contributed by atoms with van der Waals surface area (Å²) in [5, 5.41) is 22.0. The molecule has 2 aromatic carbocycles. The minimum atomic E-state index is -0.00910. The Morgan fingerprint density at radius 3 is 2.35 bits per heavy atom. The molecule has 9 heteroatoms. The number of phenolic OH excluding ortho intramolecular Hbond substituents is 1. The Balaban J connectivity index is 1.04. The first kappa shape index (κ1) is 26.7. The zero-order valence-electron chi connectivity index (χ0n) is 23.2. The third-order valence-electron chi connectivity index (χ3n) is 8.56. The first-order valence-electron chi connectivity index (χ1n) is 14.7. The predicted molar refractivity (Wildman–Crippen MR) is 160 cm³/mol. The number of ether oxygens (including phenoxy) is 1. The summed E-state index contributed by atoms with van der Waals surface area (Å²) < 4.78 is 6.36. The Kier molecular flexibility index (Phi) is 8.20. The van der Waals surface area contributed by atoms with Gasteiger partial charge in [0.1, 0.15) is 17.5 Å². The zero-order valence-corrected chi connectivity index (χ0v) is 23.2. The van der Waals surface area contributed by atoms with Gasteiger partial charge in [-0.05, 0) is 81.1 Å². The molecule has 0 bridgehead atoms. The van der Waals surface area contributed by atoms with E-state index in [9.17, 15) is 5.11 Å². The molecule has 0 unspecified atom stereocenters. The van der Waals surface area contributed by atoms with Crippen LogP contribution in [0.1, 0.15) is 25.7 Å². The lowest BCUT2D eigenvalue weighted by molar-refractivity contribution is 0.180. The van der Waals surface area contributed by atoms with Crippen LogP contribution in [0.5, 0.6) is 11.5 Å². The van der Waals surface area contributed by atoms with Gasteiger partial charge in [-0.2, -0.15) is 0 Å². The quantitative estimate of drug-likeness (QED) is 0.412. The van der Waals surface area contributed by atoms with Crippen LogP contribution >= 0.6 is 0 Å². The SMILES string of the molecule is Nc1nnc(-c2ccccc2O)cc1O[C@H]1CCCN(c2ccc(N3CCN(CC4CCNCC4)CC3)cc2)C1. The number of nitrogen functional groups attached to an aromatic ring is 1. The lowest BCUT2D eigenvalue weighted by atomic mass is 9.97. The number of nitrogens with one attached hydrogen (secondary N) is 1. The Bertz CT molecular complexity index is 1260. The van der Waals surface area contributed by atoms with Crippen LogP contribution in [0.4, 0.5) is 17.2 Å². The average Bonchev–Trinajstić information content (AvgIpc) is 3.00. The van der Waals surface area contributed by atoms with Crippen molar-refractivity contribution in [3.05, 3.63) is 54.6 Å². The molecule has 0 aliphatic carbocycles. The largest absolute Gasteiger partial charge is 0.507 e. The molecule has 0 amide bonds. The molecule has 3 aliphatic heterocycles. The average molecular weight is 544 g/mol. The van der Waals surface area contributed by atoms with E-state index in [1.807, 2.05) is 6.07 Å². The van der Waals surface area contributed by atoms with Crippen molar-refractivity contribution in [3.63, 3.8) is 0 Å². The van der Waals surface area contributed by atoms with Gasteiger partial charge in [-0.25, -0.2) is 0 Å². The molecule has 4 N–H and O–H groups in total. The highest BCUT2D eigenvalue weighted by molar-refractivity contribution is 5.68. The van der Waals surface area contributed by atoms with Crippen molar-refractivity contribution < 1.29 is 9.84 Å². The Labute approximate surface area is 236 Å². The number of piperidine rings is 2. The number of hydrogen-bond donors (Lipinski definition) is 3. The van der Waals surface area contributed by atoms with Crippen LogP contribution in [0.2, 0.25) is 0 Å². The molecular weight excluding hydrogens is 502 g/mol. The number of aromatic hydroxyl groups is 1. The standard InChI is InChI=1S/C31H41N7O2/c32-31-30(20-28(34-35-31)27-5-1-2-6-29(27)39)40-26-4-3-15-38(22-26)25-9-7-24(8-10-25)37-18-16-36(17-19-37)21-23-11-13-33-14-12-23/h1-2,5-10,20,23,26,33,39H,3-4,11-19,21-22H2,(H2,32,35)/t26-/m0/s1. The van der Waals surface area contributed by atoms with Crippen LogP contribution in [0.15, 0.2) is 54.6 Å². The lowest BCUT2D eigenvalue weighted by Gasteiger charge is -2.38. The van der Waals surface area contributed by atoms with Crippen molar-refractivity contribution in [1.29, 1.82) is 0 Å². The molecule has 1 atom stereocenters. The summed E-state index contributed by atoms with van der Waals surface area (Å²) in [4.78, 5) is 7.57. The molecule has 3 aliphatic rings. The van der Waals surface area contributed by atoms with Gasteiger partial charge in [0.05, 0.1) is 6.54 Å². The van der Waals surface area contributed by atoms with Crippen LogP contribution < -0.4 is 25.6 Å². The molecule has 6 rings (SSSR count). The molecular formula is C31H41N7O2. The predicted octanol–water partition coefficient (Wildman–Crippen LogP) is 3.60. The summed E-state index contributed by atoms with van der Waals surface area (Å²) in [5.74, 6) is 1.78. The van der Waals surface area contributed by atoms with E-state index in [1.54, 1.807) is 24.3 Å². The third kappa shape index (κ3) is 6.26. The topological polar surface area (TPSA) is 103 Å². The minimum absolute atomic E-state index is 0.00910. The summed E-state index contributed by atoms with van der Waals surface area (Å²) in [6.07, 6.45) is 4.61. The second-order valence-corrected chi connectivity index (χ2v) is 11.3. The molecule has 3 saturated heterocycles. The van der Waals surface area contributed by atoms with Crippen LogP contribution in [-0.2, 0) is 0 Å². The Hall–Kier alpha value is -3.56. The number of phenols is 1. The number of anilines is 3. The summed E-state index contributed by atoms with van der Waals surface area (Å²) in [6, 6.07) is 17.9. The highest BCUT2D eigenvalue weighted by atomic mass is 16.5. The van der Waals surface area contributed by atoms with E-state index in [0.717, 1.165) is 58.0 Å².